The van der Waals surface area contributed by atoms with Crippen LogP contribution < -0.4 is 0 Å². The molecule has 0 radical (unpaired) electrons. The van der Waals surface area contributed by atoms with E-state index in [4.69, 9.17) is 0 Å². The molecule has 1 aliphatic carbocycles. The van der Waals surface area contributed by atoms with E-state index in [-0.39, 0.29) is 6.04 Å². The minimum Gasteiger partial charge on any atom is -0.480 e. The first-order valence-corrected chi connectivity index (χ1v) is 6.79. The fourth-order valence-corrected chi connectivity index (χ4v) is 3.03. The van der Waals surface area contributed by atoms with Crippen LogP contribution in [0.3, 0.4) is 0 Å². The average Bonchev–Trinajstić information content (AvgIpc) is 3.17. The van der Waals surface area contributed by atoms with Crippen LogP contribution in [0.2, 0.25) is 0 Å². The molecule has 1 aromatic rings. The van der Waals surface area contributed by atoms with Crippen LogP contribution in [0, 0.1) is 5.92 Å². The Morgan fingerprint density at radius 3 is 2.17 bits per heavy atom. The highest BCUT2D eigenvalue weighted by Gasteiger charge is 2.40. The molecule has 3 nitrogen and oxygen atoms in total. The van der Waals surface area contributed by atoms with E-state index in [0.29, 0.717) is 5.92 Å². The van der Waals surface area contributed by atoms with Gasteiger partial charge in [-0.2, -0.15) is 0 Å². The molecule has 1 heterocycles. The molecule has 1 N–H and O–H groups in total. The minimum absolute atomic E-state index is 0.251. The van der Waals surface area contributed by atoms with E-state index in [1.807, 2.05) is 0 Å². The first-order valence-electron chi connectivity index (χ1n) is 6.79. The number of fused-ring (bicyclic) bond motifs is 1. The van der Waals surface area contributed by atoms with Crippen LogP contribution in [0.15, 0.2) is 24.3 Å². The Hall–Kier alpha value is -1.35. The third-order valence-electron chi connectivity index (χ3n) is 4.17. The van der Waals surface area contributed by atoms with Crippen molar-refractivity contribution >= 4 is 5.97 Å². The van der Waals surface area contributed by atoms with Crippen LogP contribution in [0.1, 0.15) is 24.0 Å². The van der Waals surface area contributed by atoms with Gasteiger partial charge in [-0.15, -0.1) is 0 Å². The molecule has 1 saturated carbocycles. The molecular formula is C15H19NO2. The third kappa shape index (κ3) is 2.27. The van der Waals surface area contributed by atoms with E-state index in [9.17, 15) is 9.90 Å². The van der Waals surface area contributed by atoms with Gasteiger partial charge in [0.1, 0.15) is 6.04 Å². The Morgan fingerprint density at radius 2 is 1.72 bits per heavy atom. The second kappa shape index (κ2) is 4.73. The quantitative estimate of drug-likeness (QED) is 0.885. The topological polar surface area (TPSA) is 40.5 Å². The van der Waals surface area contributed by atoms with E-state index in [0.717, 1.165) is 38.8 Å². The molecular weight excluding hydrogens is 226 g/mol. The van der Waals surface area contributed by atoms with Crippen molar-refractivity contribution in [2.75, 3.05) is 13.1 Å². The van der Waals surface area contributed by atoms with Gasteiger partial charge in [-0.1, -0.05) is 24.3 Å². The second-order valence-electron chi connectivity index (χ2n) is 5.43. The lowest BCUT2D eigenvalue weighted by atomic mass is 10.0. The lowest BCUT2D eigenvalue weighted by molar-refractivity contribution is -0.144. The molecule has 96 valence electrons. The van der Waals surface area contributed by atoms with Gasteiger partial charge in [0.25, 0.3) is 0 Å². The first kappa shape index (κ1) is 11.7. The van der Waals surface area contributed by atoms with Crippen molar-refractivity contribution in [2.45, 2.75) is 31.7 Å². The molecule has 1 fully saturated rings. The summed E-state index contributed by atoms with van der Waals surface area (Å²) in [5.74, 6) is -0.243. The maximum absolute atomic E-state index is 11.4. The van der Waals surface area contributed by atoms with Crippen molar-refractivity contribution in [2.24, 2.45) is 5.92 Å². The zero-order valence-corrected chi connectivity index (χ0v) is 10.5. The van der Waals surface area contributed by atoms with Gasteiger partial charge in [-0.05, 0) is 42.7 Å². The van der Waals surface area contributed by atoms with Crippen LogP contribution in [0.25, 0.3) is 0 Å². The number of benzene rings is 1. The SMILES string of the molecule is O=C(O)C(C1CC1)N1CCc2ccccc2CC1. The van der Waals surface area contributed by atoms with Crippen LogP contribution in [0.4, 0.5) is 0 Å². The predicted molar refractivity (Wildman–Crippen MR) is 69.6 cm³/mol. The maximum atomic E-state index is 11.4. The molecule has 0 saturated heterocycles. The van der Waals surface area contributed by atoms with Gasteiger partial charge >= 0.3 is 5.97 Å². The molecule has 1 aliphatic heterocycles. The number of rotatable bonds is 3. The average molecular weight is 245 g/mol. The number of hydrogen-bond acceptors (Lipinski definition) is 2. The van der Waals surface area contributed by atoms with Crippen LogP contribution in [0.5, 0.6) is 0 Å². The van der Waals surface area contributed by atoms with E-state index in [1.54, 1.807) is 0 Å². The summed E-state index contributed by atoms with van der Waals surface area (Å²) in [5.41, 5.74) is 2.78. The van der Waals surface area contributed by atoms with Crippen LogP contribution >= 0.6 is 0 Å². The fraction of sp³-hybridized carbons (Fsp3) is 0.533. The Balaban J connectivity index is 1.75. The molecule has 0 spiro atoms. The molecule has 3 heteroatoms. The Bertz CT molecular complexity index is 427. The summed E-state index contributed by atoms with van der Waals surface area (Å²) >= 11 is 0. The van der Waals surface area contributed by atoms with Crippen molar-refractivity contribution in [1.29, 1.82) is 0 Å². The lowest BCUT2D eigenvalue weighted by Crippen LogP contribution is -2.44. The van der Waals surface area contributed by atoms with Gasteiger partial charge in [0.15, 0.2) is 0 Å². The van der Waals surface area contributed by atoms with Gasteiger partial charge in [0.05, 0.1) is 0 Å². The van der Waals surface area contributed by atoms with Gasteiger partial charge in [0.2, 0.25) is 0 Å². The van der Waals surface area contributed by atoms with Gasteiger partial charge < -0.3 is 5.11 Å². The van der Waals surface area contributed by atoms with E-state index in [1.165, 1.54) is 11.1 Å². The number of nitrogens with zero attached hydrogens (tertiary/aromatic N) is 1. The molecule has 1 unspecified atom stereocenters. The number of carboxylic acids is 1. The summed E-state index contributed by atoms with van der Waals surface area (Å²) < 4.78 is 0. The van der Waals surface area contributed by atoms with E-state index >= 15 is 0 Å². The van der Waals surface area contributed by atoms with Crippen LogP contribution in [-0.4, -0.2) is 35.1 Å². The van der Waals surface area contributed by atoms with Gasteiger partial charge in [-0.25, -0.2) is 0 Å². The molecule has 0 bridgehead atoms. The normalized spacial score (nSPS) is 22.0. The Kier molecular flexibility index (Phi) is 3.08. The van der Waals surface area contributed by atoms with Crippen molar-refractivity contribution < 1.29 is 9.90 Å². The van der Waals surface area contributed by atoms with Crippen molar-refractivity contribution in [3.8, 4) is 0 Å². The van der Waals surface area contributed by atoms with Crippen molar-refractivity contribution in [1.82, 2.24) is 4.90 Å². The Labute approximate surface area is 107 Å². The van der Waals surface area contributed by atoms with Gasteiger partial charge in [-0.3, -0.25) is 9.69 Å². The summed E-state index contributed by atoms with van der Waals surface area (Å²) in [6.45, 7) is 1.76. The largest absolute Gasteiger partial charge is 0.480 e. The molecule has 1 atom stereocenters. The molecule has 0 amide bonds. The maximum Gasteiger partial charge on any atom is 0.321 e. The predicted octanol–water partition coefficient (Wildman–Crippen LogP) is 1.95. The summed E-state index contributed by atoms with van der Waals surface area (Å²) in [7, 11) is 0. The summed E-state index contributed by atoms with van der Waals surface area (Å²) in [5, 5.41) is 9.40. The summed E-state index contributed by atoms with van der Waals surface area (Å²) in [6.07, 6.45) is 4.13. The standard InChI is InChI=1S/C15H19NO2/c17-15(18)14(13-5-6-13)16-9-7-11-3-1-2-4-12(11)8-10-16/h1-4,13-14H,5-10H2,(H,17,18). The van der Waals surface area contributed by atoms with Crippen molar-refractivity contribution in [3.63, 3.8) is 0 Å². The summed E-state index contributed by atoms with van der Waals surface area (Å²) in [4.78, 5) is 13.6. The lowest BCUT2D eigenvalue weighted by Gasteiger charge is -2.27. The summed E-state index contributed by atoms with van der Waals surface area (Å²) in [6, 6.07) is 8.24. The minimum atomic E-state index is -0.636. The number of carboxylic acid groups (broad SMARTS) is 1. The third-order valence-corrected chi connectivity index (χ3v) is 4.17. The number of hydrogen-bond donors (Lipinski definition) is 1. The fourth-order valence-electron chi connectivity index (χ4n) is 3.03. The first-order chi connectivity index (χ1) is 8.75. The Morgan fingerprint density at radius 1 is 1.17 bits per heavy atom. The van der Waals surface area contributed by atoms with Gasteiger partial charge in [0, 0.05) is 13.1 Å². The molecule has 2 aliphatic rings. The highest BCUT2D eigenvalue weighted by molar-refractivity contribution is 5.74. The van der Waals surface area contributed by atoms with Crippen LogP contribution in [-0.2, 0) is 17.6 Å². The number of aliphatic carboxylic acids is 1. The molecule has 1 aromatic carbocycles. The van der Waals surface area contributed by atoms with Crippen molar-refractivity contribution in [3.05, 3.63) is 35.4 Å². The highest BCUT2D eigenvalue weighted by atomic mass is 16.4. The molecule has 3 rings (SSSR count). The smallest absolute Gasteiger partial charge is 0.321 e. The highest BCUT2D eigenvalue weighted by Crippen LogP contribution is 2.36. The molecule has 18 heavy (non-hydrogen) atoms. The zero-order valence-electron chi connectivity index (χ0n) is 10.5. The second-order valence-corrected chi connectivity index (χ2v) is 5.43. The molecule has 0 aromatic heterocycles. The monoisotopic (exact) mass is 245 g/mol. The van der Waals surface area contributed by atoms with E-state index < -0.39 is 5.97 Å². The van der Waals surface area contributed by atoms with E-state index in [2.05, 4.69) is 29.2 Å². The number of carbonyl (C=O) groups is 1. The zero-order chi connectivity index (χ0) is 12.5.